The Bertz CT molecular complexity index is 958. The van der Waals surface area contributed by atoms with Gasteiger partial charge in [-0.05, 0) is 35.9 Å². The van der Waals surface area contributed by atoms with Crippen molar-refractivity contribution < 1.29 is 18.7 Å². The van der Waals surface area contributed by atoms with E-state index in [4.69, 9.17) is 0 Å². The number of benzene rings is 2. The fourth-order valence-corrected chi connectivity index (χ4v) is 3.04. The van der Waals surface area contributed by atoms with E-state index in [9.17, 15) is 14.0 Å². The molecule has 0 aliphatic heterocycles. The third-order valence-corrected chi connectivity index (χ3v) is 4.32. The zero-order chi connectivity index (χ0) is 18.5. The lowest BCUT2D eigenvalue weighted by atomic mass is 10.1. The van der Waals surface area contributed by atoms with Crippen LogP contribution in [0.5, 0.6) is 0 Å². The molecule has 1 heterocycles. The van der Waals surface area contributed by atoms with Crippen LogP contribution in [0.3, 0.4) is 0 Å². The van der Waals surface area contributed by atoms with E-state index < -0.39 is 11.9 Å². The van der Waals surface area contributed by atoms with E-state index >= 15 is 0 Å². The number of methoxy groups -OCH3 is 1. The van der Waals surface area contributed by atoms with Crippen LogP contribution < -0.4 is 5.32 Å². The van der Waals surface area contributed by atoms with Crippen LogP contribution >= 0.6 is 11.3 Å². The van der Waals surface area contributed by atoms with Crippen molar-refractivity contribution in [1.29, 1.82) is 0 Å². The van der Waals surface area contributed by atoms with E-state index in [0.29, 0.717) is 22.1 Å². The molecule has 0 saturated heterocycles. The summed E-state index contributed by atoms with van der Waals surface area (Å²) in [6.45, 7) is 0. The highest BCUT2D eigenvalue weighted by atomic mass is 32.1. The minimum atomic E-state index is -0.520. The molecule has 0 spiro atoms. The minimum absolute atomic E-state index is 0.282. The van der Waals surface area contributed by atoms with Crippen LogP contribution in [0.25, 0.3) is 0 Å². The van der Waals surface area contributed by atoms with Gasteiger partial charge < -0.3 is 4.74 Å². The SMILES string of the molecule is COC(=O)c1cccc(C(=O)Nc2nnc(Cc3cccc(F)c3)s2)c1. The molecule has 1 amide bonds. The molecule has 26 heavy (non-hydrogen) atoms. The van der Waals surface area contributed by atoms with Gasteiger partial charge in [-0.25, -0.2) is 9.18 Å². The summed E-state index contributed by atoms with van der Waals surface area (Å²) in [6, 6.07) is 12.4. The van der Waals surface area contributed by atoms with Crippen molar-refractivity contribution >= 4 is 28.3 Å². The number of halogens is 1. The Morgan fingerprint density at radius 2 is 1.88 bits per heavy atom. The first-order valence-corrected chi connectivity index (χ1v) is 8.43. The molecule has 0 saturated carbocycles. The number of rotatable bonds is 5. The highest BCUT2D eigenvalue weighted by molar-refractivity contribution is 7.15. The fourth-order valence-electron chi connectivity index (χ4n) is 2.27. The molecule has 8 heteroatoms. The average molecular weight is 371 g/mol. The van der Waals surface area contributed by atoms with Crippen molar-refractivity contribution in [2.75, 3.05) is 12.4 Å². The predicted molar refractivity (Wildman–Crippen MR) is 94.8 cm³/mol. The molecule has 6 nitrogen and oxygen atoms in total. The van der Waals surface area contributed by atoms with Gasteiger partial charge in [0.25, 0.3) is 5.91 Å². The number of ether oxygens (including phenoxy) is 1. The van der Waals surface area contributed by atoms with Crippen LogP contribution in [0.4, 0.5) is 9.52 Å². The Balaban J connectivity index is 1.69. The molecule has 0 aliphatic rings. The lowest BCUT2D eigenvalue weighted by Gasteiger charge is -2.03. The number of aromatic nitrogens is 2. The first kappa shape index (κ1) is 17.7. The van der Waals surface area contributed by atoms with Crippen LogP contribution in [0.2, 0.25) is 0 Å². The molecule has 1 N–H and O–H groups in total. The predicted octanol–water partition coefficient (Wildman–Crippen LogP) is 3.31. The summed E-state index contributed by atoms with van der Waals surface area (Å²) in [5, 5.41) is 11.5. The number of carbonyl (C=O) groups excluding carboxylic acids is 2. The van der Waals surface area contributed by atoms with Gasteiger partial charge in [-0.1, -0.05) is 29.5 Å². The summed E-state index contributed by atoms with van der Waals surface area (Å²) in [7, 11) is 1.27. The van der Waals surface area contributed by atoms with Gasteiger partial charge >= 0.3 is 5.97 Å². The summed E-state index contributed by atoms with van der Waals surface area (Å²) in [6.07, 6.45) is 0.420. The highest BCUT2D eigenvalue weighted by Crippen LogP contribution is 2.20. The lowest BCUT2D eigenvalue weighted by Crippen LogP contribution is -2.13. The summed E-state index contributed by atoms with van der Waals surface area (Å²) in [4.78, 5) is 23.9. The molecule has 0 bridgehead atoms. The minimum Gasteiger partial charge on any atom is -0.465 e. The summed E-state index contributed by atoms with van der Waals surface area (Å²) < 4.78 is 17.9. The maximum absolute atomic E-state index is 13.2. The van der Waals surface area contributed by atoms with Crippen molar-refractivity contribution in [3.8, 4) is 0 Å². The van der Waals surface area contributed by atoms with Crippen LogP contribution in [-0.4, -0.2) is 29.2 Å². The number of hydrogen-bond acceptors (Lipinski definition) is 6. The van der Waals surface area contributed by atoms with Crippen molar-refractivity contribution in [2.45, 2.75) is 6.42 Å². The molecule has 0 fully saturated rings. The summed E-state index contributed by atoms with van der Waals surface area (Å²) >= 11 is 1.20. The monoisotopic (exact) mass is 371 g/mol. The average Bonchev–Trinajstić information content (AvgIpc) is 3.08. The Morgan fingerprint density at radius 3 is 2.65 bits per heavy atom. The second-order valence-electron chi connectivity index (χ2n) is 5.33. The van der Waals surface area contributed by atoms with Gasteiger partial charge in [-0.2, -0.15) is 0 Å². The van der Waals surface area contributed by atoms with Crippen molar-refractivity contribution in [3.05, 3.63) is 76.0 Å². The maximum Gasteiger partial charge on any atom is 0.337 e. The summed E-state index contributed by atoms with van der Waals surface area (Å²) in [5.41, 5.74) is 1.35. The molecule has 132 valence electrons. The molecule has 0 atom stereocenters. The number of nitrogens with one attached hydrogen (secondary N) is 1. The Labute approximate surface area is 152 Å². The van der Waals surface area contributed by atoms with E-state index in [1.165, 1.54) is 36.6 Å². The molecule has 3 aromatic rings. The van der Waals surface area contributed by atoms with Gasteiger partial charge in [-0.3, -0.25) is 10.1 Å². The van der Waals surface area contributed by atoms with Gasteiger partial charge in [-0.15, -0.1) is 10.2 Å². The van der Waals surface area contributed by atoms with E-state index in [1.54, 1.807) is 30.3 Å². The summed E-state index contributed by atoms with van der Waals surface area (Å²) in [5.74, 6) is -1.25. The molecule has 2 aromatic carbocycles. The van der Waals surface area contributed by atoms with Gasteiger partial charge in [0, 0.05) is 12.0 Å². The Morgan fingerprint density at radius 1 is 1.12 bits per heavy atom. The molecule has 0 aliphatic carbocycles. The maximum atomic E-state index is 13.2. The van der Waals surface area contributed by atoms with Gasteiger partial charge in [0.1, 0.15) is 10.8 Å². The molecule has 0 radical (unpaired) electrons. The van der Waals surface area contributed by atoms with Crippen LogP contribution in [0.15, 0.2) is 48.5 Å². The van der Waals surface area contributed by atoms with E-state index in [1.807, 2.05) is 0 Å². The topological polar surface area (TPSA) is 81.2 Å². The van der Waals surface area contributed by atoms with Gasteiger partial charge in [0.2, 0.25) is 5.13 Å². The number of carbonyl (C=O) groups is 2. The molecule has 3 rings (SSSR count). The first-order chi connectivity index (χ1) is 12.5. The number of anilines is 1. The zero-order valence-corrected chi connectivity index (χ0v) is 14.5. The van der Waals surface area contributed by atoms with E-state index in [0.717, 1.165) is 5.56 Å². The van der Waals surface area contributed by atoms with Gasteiger partial charge in [0.15, 0.2) is 0 Å². The Hall–Kier alpha value is -3.13. The second-order valence-corrected chi connectivity index (χ2v) is 6.40. The molecule has 0 unspecified atom stereocenters. The van der Waals surface area contributed by atoms with Crippen molar-refractivity contribution in [3.63, 3.8) is 0 Å². The number of hydrogen-bond donors (Lipinski definition) is 1. The van der Waals surface area contributed by atoms with Crippen LogP contribution in [0.1, 0.15) is 31.3 Å². The van der Waals surface area contributed by atoms with Crippen molar-refractivity contribution in [1.82, 2.24) is 10.2 Å². The Kier molecular flexibility index (Phi) is 5.33. The number of nitrogens with zero attached hydrogens (tertiary/aromatic N) is 2. The number of esters is 1. The second kappa shape index (κ2) is 7.83. The highest BCUT2D eigenvalue weighted by Gasteiger charge is 2.13. The first-order valence-electron chi connectivity index (χ1n) is 7.61. The number of amides is 1. The van der Waals surface area contributed by atoms with E-state index in [-0.39, 0.29) is 11.4 Å². The smallest absolute Gasteiger partial charge is 0.337 e. The quantitative estimate of drug-likeness (QED) is 0.696. The molecule has 1 aromatic heterocycles. The molecular formula is C18H14FN3O3S. The van der Waals surface area contributed by atoms with E-state index in [2.05, 4.69) is 20.3 Å². The third kappa shape index (κ3) is 4.28. The lowest BCUT2D eigenvalue weighted by molar-refractivity contribution is 0.0600. The van der Waals surface area contributed by atoms with Crippen LogP contribution in [0, 0.1) is 5.82 Å². The normalized spacial score (nSPS) is 10.4. The van der Waals surface area contributed by atoms with Gasteiger partial charge in [0.05, 0.1) is 12.7 Å². The fraction of sp³-hybridized carbons (Fsp3) is 0.111. The largest absolute Gasteiger partial charge is 0.465 e. The standard InChI is InChI=1S/C18H14FN3O3S/c1-25-17(24)13-6-3-5-12(10-13)16(23)20-18-22-21-15(26-18)9-11-4-2-7-14(19)8-11/h2-8,10H,9H2,1H3,(H,20,22,23). The molecular weight excluding hydrogens is 357 g/mol. The van der Waals surface area contributed by atoms with Crippen molar-refractivity contribution in [2.24, 2.45) is 0 Å². The van der Waals surface area contributed by atoms with Crippen LogP contribution in [-0.2, 0) is 11.2 Å². The third-order valence-electron chi connectivity index (χ3n) is 3.48. The zero-order valence-electron chi connectivity index (χ0n) is 13.7.